The maximum absolute atomic E-state index is 13.5. The van der Waals surface area contributed by atoms with Gasteiger partial charge < -0.3 is 11.3 Å². The van der Waals surface area contributed by atoms with Crippen molar-refractivity contribution in [3.05, 3.63) is 83.6 Å². The number of benzene rings is 2. The van der Waals surface area contributed by atoms with Crippen LogP contribution in [-0.2, 0) is 0 Å². The summed E-state index contributed by atoms with van der Waals surface area (Å²) < 4.78 is 15.1. The van der Waals surface area contributed by atoms with Crippen LogP contribution < -0.4 is 22.5 Å². The van der Waals surface area contributed by atoms with Crippen molar-refractivity contribution in [2.24, 2.45) is 16.8 Å². The largest absolute Gasteiger partial charge is 0.321 e. The first-order valence-corrected chi connectivity index (χ1v) is 9.27. The van der Waals surface area contributed by atoms with E-state index in [4.69, 9.17) is 11.7 Å². The van der Waals surface area contributed by atoms with Gasteiger partial charge in [-0.1, -0.05) is 24.3 Å². The van der Waals surface area contributed by atoms with Gasteiger partial charge in [-0.3, -0.25) is 14.9 Å². The molecule has 4 rings (SSSR count). The molecule has 2 aromatic heterocycles. The zero-order valence-corrected chi connectivity index (χ0v) is 16.5. The van der Waals surface area contributed by atoms with Crippen molar-refractivity contribution < 1.29 is 9.18 Å². The lowest BCUT2D eigenvalue weighted by atomic mass is 10.1. The molecule has 4 aromatic rings. The van der Waals surface area contributed by atoms with Crippen molar-refractivity contribution in [2.45, 2.75) is 6.92 Å². The summed E-state index contributed by atoms with van der Waals surface area (Å²) >= 11 is 0. The molecule has 0 unspecified atom stereocenters. The molecular formula is C21H19FN8O. The molecule has 1 amide bonds. The summed E-state index contributed by atoms with van der Waals surface area (Å²) in [5.74, 6) is 10.7. The minimum atomic E-state index is -0.393. The van der Waals surface area contributed by atoms with Gasteiger partial charge in [0.25, 0.3) is 5.91 Å². The molecule has 0 saturated heterocycles. The summed E-state index contributed by atoms with van der Waals surface area (Å²) in [5, 5.41) is 4.43. The van der Waals surface area contributed by atoms with Crippen LogP contribution in [-0.4, -0.2) is 26.4 Å². The third kappa shape index (κ3) is 3.79. The van der Waals surface area contributed by atoms with Crippen LogP contribution in [0, 0.1) is 12.7 Å². The first-order valence-electron chi connectivity index (χ1n) is 9.27. The van der Waals surface area contributed by atoms with E-state index in [-0.39, 0.29) is 5.82 Å². The number of hydrogen-bond acceptors (Lipinski definition) is 6. The SMILES string of the molecule is Cc1nc(-c2cccc(F)c2)ncc1C(=O)Nn1ccc2c(/C(=N/N)NN)cccc21. The highest BCUT2D eigenvalue weighted by Gasteiger charge is 2.15. The van der Waals surface area contributed by atoms with E-state index < -0.39 is 5.91 Å². The first kappa shape index (κ1) is 20.0. The zero-order valence-electron chi connectivity index (χ0n) is 16.5. The molecule has 0 saturated carbocycles. The fourth-order valence-corrected chi connectivity index (χ4v) is 3.28. The predicted molar refractivity (Wildman–Crippen MR) is 116 cm³/mol. The number of rotatable bonds is 4. The lowest BCUT2D eigenvalue weighted by Gasteiger charge is -2.11. The Morgan fingerprint density at radius 1 is 1.16 bits per heavy atom. The highest BCUT2D eigenvalue weighted by atomic mass is 19.1. The highest BCUT2D eigenvalue weighted by molar-refractivity contribution is 6.09. The Hall–Kier alpha value is -4.31. The van der Waals surface area contributed by atoms with E-state index in [0.29, 0.717) is 34.0 Å². The maximum Gasteiger partial charge on any atom is 0.273 e. The molecule has 0 radical (unpaired) electrons. The predicted octanol–water partition coefficient (Wildman–Crippen LogP) is 2.01. The van der Waals surface area contributed by atoms with Crippen LogP contribution in [0.5, 0.6) is 0 Å². The molecule has 0 aliphatic carbocycles. The number of aromatic nitrogens is 3. The van der Waals surface area contributed by atoms with Crippen molar-refractivity contribution in [1.82, 2.24) is 20.1 Å². The van der Waals surface area contributed by atoms with Crippen molar-refractivity contribution in [1.29, 1.82) is 0 Å². The second-order valence-electron chi connectivity index (χ2n) is 6.69. The van der Waals surface area contributed by atoms with E-state index in [0.717, 1.165) is 10.9 Å². The minimum absolute atomic E-state index is 0.297. The van der Waals surface area contributed by atoms with Gasteiger partial charge in [0.2, 0.25) is 0 Å². The molecule has 31 heavy (non-hydrogen) atoms. The van der Waals surface area contributed by atoms with Crippen molar-refractivity contribution in [3.8, 4) is 11.4 Å². The Kier molecular flexibility index (Phi) is 5.29. The number of nitrogens with one attached hydrogen (secondary N) is 2. The molecule has 0 fully saturated rings. The minimum Gasteiger partial charge on any atom is -0.321 e. The maximum atomic E-state index is 13.5. The van der Waals surface area contributed by atoms with Gasteiger partial charge in [0.1, 0.15) is 5.82 Å². The second kappa shape index (κ2) is 8.20. The van der Waals surface area contributed by atoms with Crippen molar-refractivity contribution in [3.63, 3.8) is 0 Å². The van der Waals surface area contributed by atoms with Gasteiger partial charge in [-0.25, -0.2) is 20.2 Å². The third-order valence-corrected chi connectivity index (χ3v) is 4.78. The number of halogens is 1. The molecular weight excluding hydrogens is 399 g/mol. The monoisotopic (exact) mass is 418 g/mol. The molecule has 0 atom stereocenters. The van der Waals surface area contributed by atoms with Gasteiger partial charge in [0.15, 0.2) is 11.7 Å². The number of hydrazone groups is 1. The van der Waals surface area contributed by atoms with E-state index in [1.165, 1.54) is 18.3 Å². The lowest BCUT2D eigenvalue weighted by molar-refractivity contribution is 0.101. The van der Waals surface area contributed by atoms with Gasteiger partial charge in [-0.2, -0.15) is 5.10 Å². The van der Waals surface area contributed by atoms with Crippen LogP contribution in [0.3, 0.4) is 0 Å². The number of amides is 1. The van der Waals surface area contributed by atoms with Crippen LogP contribution >= 0.6 is 0 Å². The average Bonchev–Trinajstić information content (AvgIpc) is 3.18. The molecule has 156 valence electrons. The van der Waals surface area contributed by atoms with Gasteiger partial charge in [-0.05, 0) is 31.2 Å². The quantitative estimate of drug-likeness (QED) is 0.173. The van der Waals surface area contributed by atoms with Gasteiger partial charge in [0.05, 0.1) is 16.8 Å². The summed E-state index contributed by atoms with van der Waals surface area (Å²) in [7, 11) is 0. The van der Waals surface area contributed by atoms with Crippen LogP contribution in [0.15, 0.2) is 66.0 Å². The number of carbonyl (C=O) groups is 1. The fourth-order valence-electron chi connectivity index (χ4n) is 3.28. The number of carbonyl (C=O) groups excluding carboxylic acids is 1. The number of hydrogen-bond donors (Lipinski definition) is 4. The molecule has 10 heteroatoms. The van der Waals surface area contributed by atoms with Crippen LogP contribution in [0.1, 0.15) is 21.6 Å². The summed E-state index contributed by atoms with van der Waals surface area (Å²) in [6.45, 7) is 1.70. The van der Waals surface area contributed by atoms with Crippen LogP contribution in [0.2, 0.25) is 0 Å². The normalized spacial score (nSPS) is 11.5. The number of aryl methyl sites for hydroxylation is 1. The average molecular weight is 418 g/mol. The number of nitrogens with zero attached hydrogens (tertiary/aromatic N) is 4. The Bertz CT molecular complexity index is 1310. The van der Waals surface area contributed by atoms with E-state index >= 15 is 0 Å². The lowest BCUT2D eigenvalue weighted by Crippen LogP contribution is -2.32. The standard InChI is InChI=1S/C21H19FN8O/c1-12-17(11-25-19(26-12)13-4-2-5-14(22)10-13)21(31)29-30-9-8-15-16(20(27-23)28-24)6-3-7-18(15)30/h2-11H,23-24H2,1H3,(H,27,28)(H,29,31). The summed E-state index contributed by atoms with van der Waals surface area (Å²) in [6, 6.07) is 13.2. The molecule has 0 aliphatic rings. The molecule has 2 aromatic carbocycles. The van der Waals surface area contributed by atoms with Crippen LogP contribution in [0.25, 0.3) is 22.3 Å². The molecule has 6 N–H and O–H groups in total. The Balaban J connectivity index is 1.63. The topological polar surface area (TPSA) is 136 Å². The highest BCUT2D eigenvalue weighted by Crippen LogP contribution is 2.21. The Morgan fingerprint density at radius 3 is 2.68 bits per heavy atom. The summed E-state index contributed by atoms with van der Waals surface area (Å²) in [5.41, 5.74) is 7.97. The van der Waals surface area contributed by atoms with Crippen LogP contribution in [0.4, 0.5) is 4.39 Å². The van der Waals surface area contributed by atoms with Gasteiger partial charge in [0, 0.05) is 28.9 Å². The number of fused-ring (bicyclic) bond motifs is 1. The number of amidine groups is 1. The second-order valence-corrected chi connectivity index (χ2v) is 6.69. The van der Waals surface area contributed by atoms with Crippen molar-refractivity contribution >= 4 is 22.6 Å². The van der Waals surface area contributed by atoms with Gasteiger partial charge in [-0.15, -0.1) is 0 Å². The van der Waals surface area contributed by atoms with E-state index in [2.05, 4.69) is 25.9 Å². The number of hydrazine groups is 1. The van der Waals surface area contributed by atoms with E-state index in [1.54, 1.807) is 36.0 Å². The summed E-state index contributed by atoms with van der Waals surface area (Å²) in [4.78, 5) is 21.4. The van der Waals surface area contributed by atoms with E-state index in [9.17, 15) is 9.18 Å². The molecule has 9 nitrogen and oxygen atoms in total. The van der Waals surface area contributed by atoms with Crippen molar-refractivity contribution in [2.75, 3.05) is 5.43 Å². The zero-order chi connectivity index (χ0) is 22.0. The third-order valence-electron chi connectivity index (χ3n) is 4.78. The van der Waals surface area contributed by atoms with E-state index in [1.807, 2.05) is 18.2 Å². The molecule has 2 heterocycles. The first-order chi connectivity index (χ1) is 15.0. The fraction of sp³-hybridized carbons (Fsp3) is 0.0476. The Morgan fingerprint density at radius 2 is 1.97 bits per heavy atom. The smallest absolute Gasteiger partial charge is 0.273 e. The Labute approximate surface area is 176 Å². The number of nitrogens with two attached hydrogens (primary N) is 2. The molecule has 0 bridgehead atoms. The molecule has 0 spiro atoms. The van der Waals surface area contributed by atoms with Gasteiger partial charge >= 0.3 is 0 Å². The molecule has 0 aliphatic heterocycles. The summed E-state index contributed by atoms with van der Waals surface area (Å²) in [6.07, 6.45) is 3.13.